The van der Waals surface area contributed by atoms with Crippen LogP contribution < -0.4 is 5.32 Å². The molecule has 0 spiro atoms. The Balaban J connectivity index is 1.54. The monoisotopic (exact) mass is 509 g/mol. The summed E-state index contributed by atoms with van der Waals surface area (Å²) in [5.74, 6) is -0.287. The molecule has 1 amide bonds. The zero-order valence-electron chi connectivity index (χ0n) is 18.7. The van der Waals surface area contributed by atoms with E-state index in [1.807, 2.05) is 48.5 Å². The second-order valence-corrected chi connectivity index (χ2v) is 8.37. The van der Waals surface area contributed by atoms with Crippen molar-refractivity contribution in [1.82, 2.24) is 5.32 Å². The lowest BCUT2D eigenvalue weighted by Crippen LogP contribution is -2.31. The largest absolute Gasteiger partial charge is 0.449 e. The molecule has 4 nitrogen and oxygen atoms in total. The summed E-state index contributed by atoms with van der Waals surface area (Å²) in [5, 5.41) is 11.7. The van der Waals surface area contributed by atoms with Gasteiger partial charge in [0.15, 0.2) is 0 Å². The van der Waals surface area contributed by atoms with Crippen LogP contribution in [0.4, 0.5) is 31.1 Å². The molecule has 10 heteroatoms. The molecule has 0 saturated heterocycles. The lowest BCUT2D eigenvalue weighted by atomic mass is 9.97. The number of benzene rings is 3. The summed E-state index contributed by atoms with van der Waals surface area (Å²) in [6.07, 6.45) is -11.4. The maximum atomic E-state index is 13.3. The van der Waals surface area contributed by atoms with Crippen molar-refractivity contribution >= 4 is 6.09 Å². The van der Waals surface area contributed by atoms with Gasteiger partial charge in [0.25, 0.3) is 0 Å². The summed E-state index contributed by atoms with van der Waals surface area (Å²) in [6, 6.07) is 14.9. The summed E-state index contributed by atoms with van der Waals surface area (Å²) in [6.45, 7) is -0.686. The van der Waals surface area contributed by atoms with Gasteiger partial charge in [0.1, 0.15) is 6.61 Å². The highest BCUT2D eigenvalue weighted by atomic mass is 19.4. The maximum Gasteiger partial charge on any atom is 0.416 e. The van der Waals surface area contributed by atoms with Crippen LogP contribution >= 0.6 is 0 Å². The Kier molecular flexibility index (Phi) is 6.99. The second-order valence-electron chi connectivity index (χ2n) is 8.37. The first-order chi connectivity index (χ1) is 17.0. The Morgan fingerprint density at radius 2 is 1.36 bits per heavy atom. The average Bonchev–Trinajstić information content (AvgIpc) is 3.15. The Bertz CT molecular complexity index is 1180. The van der Waals surface area contributed by atoms with Crippen LogP contribution in [0.1, 0.15) is 46.2 Å². The quantitative estimate of drug-likeness (QED) is 0.364. The van der Waals surface area contributed by atoms with Gasteiger partial charge in [-0.05, 0) is 52.4 Å². The van der Waals surface area contributed by atoms with Crippen molar-refractivity contribution in [2.24, 2.45) is 0 Å². The van der Waals surface area contributed by atoms with Crippen molar-refractivity contribution in [3.8, 4) is 11.1 Å². The van der Waals surface area contributed by atoms with Gasteiger partial charge >= 0.3 is 18.4 Å². The molecule has 0 aromatic heterocycles. The van der Waals surface area contributed by atoms with Crippen LogP contribution in [0.15, 0.2) is 66.7 Å². The molecule has 0 saturated carbocycles. The molecule has 1 aliphatic carbocycles. The third-order valence-corrected chi connectivity index (χ3v) is 6.07. The third kappa shape index (κ3) is 5.33. The Morgan fingerprint density at radius 1 is 0.861 bits per heavy atom. The fourth-order valence-electron chi connectivity index (χ4n) is 4.41. The molecule has 3 aromatic rings. The first-order valence-electron chi connectivity index (χ1n) is 11.0. The minimum atomic E-state index is -5.04. The van der Waals surface area contributed by atoms with E-state index in [0.29, 0.717) is 12.1 Å². The molecular formula is C26H21F6NO3. The van der Waals surface area contributed by atoms with Crippen LogP contribution in [-0.2, 0) is 17.1 Å². The van der Waals surface area contributed by atoms with E-state index in [2.05, 4.69) is 5.32 Å². The van der Waals surface area contributed by atoms with E-state index in [-0.39, 0.29) is 25.0 Å². The van der Waals surface area contributed by atoms with E-state index in [1.54, 1.807) is 0 Å². The number of rotatable bonds is 6. The topological polar surface area (TPSA) is 58.6 Å². The summed E-state index contributed by atoms with van der Waals surface area (Å²) in [4.78, 5) is 12.6. The standard InChI is InChI=1S/C26H21F6NO3/c27-25(28,29)16-11-15(12-17(13-16)26(30,31)32)23(9-10-34)33-24(35)36-14-22-20-7-3-1-5-18(20)19-6-2-4-8-21(19)22/h1-8,11-13,22-23,34H,9-10,14H2,(H,33,35). The van der Waals surface area contributed by atoms with E-state index in [1.165, 1.54) is 0 Å². The van der Waals surface area contributed by atoms with Gasteiger partial charge in [0.2, 0.25) is 0 Å². The van der Waals surface area contributed by atoms with Crippen molar-refractivity contribution in [2.75, 3.05) is 13.2 Å². The molecule has 0 heterocycles. The van der Waals surface area contributed by atoms with Crippen molar-refractivity contribution < 1.29 is 41.0 Å². The third-order valence-electron chi connectivity index (χ3n) is 6.07. The molecule has 4 rings (SSSR count). The summed E-state index contributed by atoms with van der Waals surface area (Å²) in [5.41, 5.74) is 0.388. The van der Waals surface area contributed by atoms with E-state index in [0.717, 1.165) is 22.3 Å². The Morgan fingerprint density at radius 3 is 1.83 bits per heavy atom. The zero-order valence-corrected chi connectivity index (χ0v) is 18.7. The van der Waals surface area contributed by atoms with E-state index < -0.39 is 47.8 Å². The van der Waals surface area contributed by atoms with Gasteiger partial charge in [0.05, 0.1) is 17.2 Å². The van der Waals surface area contributed by atoms with Crippen molar-refractivity contribution in [1.29, 1.82) is 0 Å². The van der Waals surface area contributed by atoms with Gasteiger partial charge in [-0.25, -0.2) is 4.79 Å². The summed E-state index contributed by atoms with van der Waals surface area (Å²) < 4.78 is 84.9. The predicted molar refractivity (Wildman–Crippen MR) is 119 cm³/mol. The van der Waals surface area contributed by atoms with Crippen LogP contribution in [0.25, 0.3) is 11.1 Å². The number of hydrogen-bond donors (Lipinski definition) is 2. The number of aliphatic hydroxyl groups excluding tert-OH is 1. The van der Waals surface area contributed by atoms with Gasteiger partial charge in [-0.1, -0.05) is 48.5 Å². The van der Waals surface area contributed by atoms with E-state index >= 15 is 0 Å². The highest BCUT2D eigenvalue weighted by Gasteiger charge is 2.38. The Hall–Kier alpha value is -3.53. The average molecular weight is 509 g/mol. The minimum Gasteiger partial charge on any atom is -0.449 e. The van der Waals surface area contributed by atoms with E-state index in [9.17, 15) is 36.2 Å². The molecule has 0 fully saturated rings. The molecule has 0 bridgehead atoms. The Labute approximate surface area is 202 Å². The molecule has 1 aliphatic rings. The fraction of sp³-hybridized carbons (Fsp3) is 0.269. The van der Waals surface area contributed by atoms with Crippen molar-refractivity contribution in [2.45, 2.75) is 30.7 Å². The van der Waals surface area contributed by atoms with Gasteiger partial charge in [-0.15, -0.1) is 0 Å². The SMILES string of the molecule is O=C(NC(CCO)c1cc(C(F)(F)F)cc(C(F)(F)F)c1)OCC1c2ccccc2-c2ccccc21. The molecule has 1 atom stereocenters. The normalized spacial score (nSPS) is 14.2. The number of alkyl carbamates (subject to hydrolysis) is 1. The summed E-state index contributed by atoms with van der Waals surface area (Å²) in [7, 11) is 0. The smallest absolute Gasteiger partial charge is 0.416 e. The summed E-state index contributed by atoms with van der Waals surface area (Å²) >= 11 is 0. The number of amides is 1. The molecular weight excluding hydrogens is 488 g/mol. The highest BCUT2D eigenvalue weighted by Crippen LogP contribution is 2.44. The number of fused-ring (bicyclic) bond motifs is 3. The molecule has 2 N–H and O–H groups in total. The number of aliphatic hydroxyl groups is 1. The van der Waals surface area contributed by atoms with Gasteiger partial charge in [0, 0.05) is 12.5 Å². The maximum absolute atomic E-state index is 13.3. The van der Waals surface area contributed by atoms with Crippen LogP contribution in [0.2, 0.25) is 0 Å². The number of hydrogen-bond acceptors (Lipinski definition) is 3. The number of nitrogens with one attached hydrogen (secondary N) is 1. The van der Waals surface area contributed by atoms with Crippen LogP contribution in [0.3, 0.4) is 0 Å². The van der Waals surface area contributed by atoms with Crippen molar-refractivity contribution in [3.63, 3.8) is 0 Å². The van der Waals surface area contributed by atoms with Gasteiger partial charge in [-0.3, -0.25) is 0 Å². The zero-order chi connectivity index (χ0) is 26.1. The molecule has 1 unspecified atom stereocenters. The minimum absolute atomic E-state index is 0.00676. The fourth-order valence-corrected chi connectivity index (χ4v) is 4.41. The number of carbonyl (C=O) groups is 1. The second kappa shape index (κ2) is 9.85. The predicted octanol–water partition coefficient (Wildman–Crippen LogP) is 6.69. The van der Waals surface area contributed by atoms with Crippen LogP contribution in [-0.4, -0.2) is 24.4 Å². The molecule has 190 valence electrons. The first kappa shape index (κ1) is 25.6. The molecule has 36 heavy (non-hydrogen) atoms. The highest BCUT2D eigenvalue weighted by molar-refractivity contribution is 5.79. The van der Waals surface area contributed by atoms with Gasteiger partial charge < -0.3 is 15.2 Å². The number of ether oxygens (including phenoxy) is 1. The van der Waals surface area contributed by atoms with Crippen molar-refractivity contribution in [3.05, 3.63) is 94.5 Å². The van der Waals surface area contributed by atoms with Gasteiger partial charge in [-0.2, -0.15) is 26.3 Å². The lowest BCUT2D eigenvalue weighted by Gasteiger charge is -2.22. The molecule has 3 aromatic carbocycles. The molecule has 0 aliphatic heterocycles. The number of alkyl halides is 6. The number of carbonyl (C=O) groups excluding carboxylic acids is 1. The van der Waals surface area contributed by atoms with Crippen LogP contribution in [0.5, 0.6) is 0 Å². The molecule has 0 radical (unpaired) electrons. The first-order valence-corrected chi connectivity index (χ1v) is 11.0. The van der Waals surface area contributed by atoms with Crippen LogP contribution in [0, 0.1) is 0 Å². The number of halogens is 6. The van der Waals surface area contributed by atoms with E-state index in [4.69, 9.17) is 4.74 Å². The lowest BCUT2D eigenvalue weighted by molar-refractivity contribution is -0.143.